The van der Waals surface area contributed by atoms with Crippen LogP contribution in [0.1, 0.15) is 60.5 Å². The Kier molecular flexibility index (Phi) is 8.36. The molecule has 1 unspecified atom stereocenters. The first-order valence-corrected chi connectivity index (χ1v) is 17.9. The van der Waals surface area contributed by atoms with E-state index in [-0.39, 0.29) is 22.6 Å². The Hall–Kier alpha value is -2.11. The van der Waals surface area contributed by atoms with Gasteiger partial charge in [0.05, 0.1) is 5.54 Å². The molecule has 1 aliphatic heterocycles. The minimum Gasteiger partial charge on any atom is -0.465 e. The first-order valence-electron chi connectivity index (χ1n) is 13.4. The smallest absolute Gasteiger partial charge is 0.415 e. The number of halogens is 1. The number of fused-ring (bicyclic) bond motifs is 1. The number of carbonyl (C=O) groups is 2. The average molecular weight is 581 g/mol. The van der Waals surface area contributed by atoms with Crippen LogP contribution in [0, 0.1) is 17.2 Å². The standard InChI is InChI=1S/C28H45FN4O4SSi/c1-25(2,3)22(37-13-14-39(8,9)10)33(24(35)36)23-32-27(7,18-15-17(30)11-12-19(18)29)20-16-28(20,38-23)21(34)31-26(4,5)6/h11-12,15,20,22H,13-14,16,30H2,1-10H3,(H,31,34)(H,35,36)/t20-,22?,27+,28-/m0/s1. The first kappa shape index (κ1) is 31.4. The normalized spacial score (nSPS) is 25.8. The quantitative estimate of drug-likeness (QED) is 0.204. The van der Waals surface area contributed by atoms with Crippen LogP contribution in [0.2, 0.25) is 25.7 Å². The van der Waals surface area contributed by atoms with Gasteiger partial charge in [-0.05, 0) is 58.4 Å². The zero-order valence-corrected chi connectivity index (χ0v) is 26.8. The molecule has 4 atom stereocenters. The van der Waals surface area contributed by atoms with Crippen LogP contribution in [0.15, 0.2) is 23.2 Å². The van der Waals surface area contributed by atoms with E-state index in [1.165, 1.54) is 18.2 Å². The van der Waals surface area contributed by atoms with Crippen molar-refractivity contribution in [1.82, 2.24) is 10.2 Å². The summed E-state index contributed by atoms with van der Waals surface area (Å²) in [6.07, 6.45) is -1.69. The van der Waals surface area contributed by atoms with Crippen LogP contribution in [0.25, 0.3) is 0 Å². The number of nitrogens with one attached hydrogen (secondary N) is 1. The van der Waals surface area contributed by atoms with Crippen molar-refractivity contribution in [3.63, 3.8) is 0 Å². The van der Waals surface area contributed by atoms with Crippen LogP contribution >= 0.6 is 11.8 Å². The van der Waals surface area contributed by atoms with Crippen molar-refractivity contribution in [3.8, 4) is 0 Å². The minimum absolute atomic E-state index is 0.123. The maximum atomic E-state index is 15.3. The van der Waals surface area contributed by atoms with E-state index in [0.717, 1.165) is 22.7 Å². The molecule has 1 aromatic rings. The molecule has 0 radical (unpaired) electrons. The van der Waals surface area contributed by atoms with Crippen molar-refractivity contribution in [2.24, 2.45) is 16.3 Å². The Balaban J connectivity index is 2.16. The topological polar surface area (TPSA) is 117 Å². The Bertz CT molecular complexity index is 1160. The highest BCUT2D eigenvalue weighted by molar-refractivity contribution is 8.16. The lowest BCUT2D eigenvalue weighted by Gasteiger charge is -2.42. The fourth-order valence-electron chi connectivity index (χ4n) is 4.97. The summed E-state index contributed by atoms with van der Waals surface area (Å²) in [6.45, 7) is 20.3. The van der Waals surface area contributed by atoms with Gasteiger partial charge in [-0.2, -0.15) is 0 Å². The molecule has 11 heteroatoms. The lowest BCUT2D eigenvalue weighted by molar-refractivity contribution is -0.123. The summed E-state index contributed by atoms with van der Waals surface area (Å²) in [5, 5.41) is 13.7. The predicted molar refractivity (Wildman–Crippen MR) is 159 cm³/mol. The van der Waals surface area contributed by atoms with E-state index in [4.69, 9.17) is 15.5 Å². The number of ether oxygens (including phenoxy) is 1. The second-order valence-corrected chi connectivity index (χ2v) is 21.2. The molecule has 1 aromatic carbocycles. The van der Waals surface area contributed by atoms with Crippen molar-refractivity contribution >= 4 is 42.7 Å². The number of nitrogen functional groups attached to an aromatic ring is 1. The molecule has 1 fully saturated rings. The third-order valence-electron chi connectivity index (χ3n) is 7.11. The van der Waals surface area contributed by atoms with Crippen LogP contribution < -0.4 is 11.1 Å². The molecule has 218 valence electrons. The molecule has 3 rings (SSSR count). The van der Waals surface area contributed by atoms with Crippen LogP contribution in [-0.2, 0) is 15.1 Å². The summed E-state index contributed by atoms with van der Waals surface area (Å²) < 4.78 is 20.6. The van der Waals surface area contributed by atoms with E-state index < -0.39 is 47.5 Å². The molecule has 0 aromatic heterocycles. The summed E-state index contributed by atoms with van der Waals surface area (Å²) in [4.78, 5) is 32.7. The minimum atomic E-state index is -1.45. The van der Waals surface area contributed by atoms with E-state index in [2.05, 4.69) is 25.0 Å². The molecule has 0 spiro atoms. The Morgan fingerprint density at radius 1 is 1.28 bits per heavy atom. The van der Waals surface area contributed by atoms with Gasteiger partial charge in [-0.1, -0.05) is 52.2 Å². The molecular weight excluding hydrogens is 535 g/mol. The monoisotopic (exact) mass is 580 g/mol. The average Bonchev–Trinajstić information content (AvgIpc) is 3.49. The van der Waals surface area contributed by atoms with Gasteiger partial charge in [-0.15, -0.1) is 0 Å². The number of amides is 2. The number of nitrogens with zero attached hydrogens (tertiary/aromatic N) is 2. The third-order valence-corrected chi connectivity index (χ3v) is 10.3. The molecule has 1 aliphatic carbocycles. The molecular formula is C28H45FN4O4SSi. The summed E-state index contributed by atoms with van der Waals surface area (Å²) in [5.41, 5.74) is 4.32. The molecule has 2 amide bonds. The zero-order chi connectivity index (χ0) is 29.8. The second-order valence-electron chi connectivity index (χ2n) is 14.3. The molecule has 0 saturated heterocycles. The van der Waals surface area contributed by atoms with Crippen LogP contribution in [-0.4, -0.2) is 58.4 Å². The zero-order valence-electron chi connectivity index (χ0n) is 24.9. The largest absolute Gasteiger partial charge is 0.465 e. The lowest BCUT2D eigenvalue weighted by Crippen LogP contribution is -2.55. The highest BCUT2D eigenvalue weighted by Gasteiger charge is 2.72. The third kappa shape index (κ3) is 6.79. The van der Waals surface area contributed by atoms with Crippen molar-refractivity contribution in [2.45, 2.75) is 103 Å². The fraction of sp³-hybridized carbons (Fsp3) is 0.679. The van der Waals surface area contributed by atoms with Crippen molar-refractivity contribution < 1.29 is 23.8 Å². The van der Waals surface area contributed by atoms with E-state index in [0.29, 0.717) is 18.7 Å². The Labute approximate surface area is 237 Å². The summed E-state index contributed by atoms with van der Waals surface area (Å²) in [6, 6.07) is 5.16. The van der Waals surface area contributed by atoms with Crippen molar-refractivity contribution in [2.75, 3.05) is 12.3 Å². The van der Waals surface area contributed by atoms with Gasteiger partial charge in [0.25, 0.3) is 0 Å². The first-order chi connectivity index (χ1) is 17.6. The van der Waals surface area contributed by atoms with E-state index in [1.54, 1.807) is 6.92 Å². The lowest BCUT2D eigenvalue weighted by atomic mass is 9.85. The molecule has 8 nitrogen and oxygen atoms in total. The molecule has 4 N–H and O–H groups in total. The number of thioether (sulfide) groups is 1. The number of nitrogens with two attached hydrogens (primary N) is 1. The highest BCUT2D eigenvalue weighted by Crippen LogP contribution is 2.67. The van der Waals surface area contributed by atoms with Crippen LogP contribution in [0.5, 0.6) is 0 Å². The number of rotatable bonds is 7. The summed E-state index contributed by atoms with van der Waals surface area (Å²) >= 11 is 1.14. The number of carbonyl (C=O) groups excluding carboxylic acids is 1. The Morgan fingerprint density at radius 2 is 1.90 bits per heavy atom. The van der Waals surface area contributed by atoms with Gasteiger partial charge in [-0.3, -0.25) is 9.79 Å². The van der Waals surface area contributed by atoms with E-state index >= 15 is 4.39 Å². The van der Waals surface area contributed by atoms with Gasteiger partial charge < -0.3 is 20.9 Å². The predicted octanol–water partition coefficient (Wildman–Crippen LogP) is 6.11. The van der Waals surface area contributed by atoms with Gasteiger partial charge in [0.2, 0.25) is 5.91 Å². The number of amidine groups is 1. The molecule has 1 saturated carbocycles. The number of hydrogen-bond acceptors (Lipinski definition) is 6. The molecule has 39 heavy (non-hydrogen) atoms. The molecule has 0 bridgehead atoms. The number of benzene rings is 1. The number of carboxylic acid groups (broad SMARTS) is 1. The van der Waals surface area contributed by atoms with E-state index in [9.17, 15) is 14.7 Å². The van der Waals surface area contributed by atoms with Gasteiger partial charge in [0, 0.05) is 42.8 Å². The van der Waals surface area contributed by atoms with Crippen LogP contribution in [0.4, 0.5) is 14.9 Å². The van der Waals surface area contributed by atoms with Gasteiger partial charge in [-0.25, -0.2) is 14.1 Å². The maximum Gasteiger partial charge on any atom is 0.415 e. The highest BCUT2D eigenvalue weighted by atomic mass is 32.2. The SMILES string of the molecule is CC(C)(C)NC(=O)[C@]12C[C@H]1[C@@](C)(c1cc(N)ccc1F)N=C(N(C(=O)O)C(OCC[Si](C)(C)C)C(C)(C)C)S2. The Morgan fingerprint density at radius 3 is 2.41 bits per heavy atom. The fourth-order valence-corrected chi connectivity index (χ4v) is 7.30. The van der Waals surface area contributed by atoms with E-state index in [1.807, 2.05) is 41.5 Å². The second kappa shape index (κ2) is 10.4. The van der Waals surface area contributed by atoms with Gasteiger partial charge in [0.1, 0.15) is 16.8 Å². The van der Waals surface area contributed by atoms with Crippen LogP contribution in [0.3, 0.4) is 0 Å². The molecule has 1 heterocycles. The molecule has 2 aliphatic rings. The number of anilines is 1. The van der Waals surface area contributed by atoms with Crippen molar-refractivity contribution in [1.29, 1.82) is 0 Å². The van der Waals surface area contributed by atoms with Gasteiger partial charge in [0.15, 0.2) is 5.17 Å². The number of aliphatic imine (C=N–C) groups is 1. The van der Waals surface area contributed by atoms with Gasteiger partial charge >= 0.3 is 6.09 Å². The maximum absolute atomic E-state index is 15.3. The number of hydrogen-bond donors (Lipinski definition) is 3. The summed E-state index contributed by atoms with van der Waals surface area (Å²) in [7, 11) is -1.45. The van der Waals surface area contributed by atoms with Crippen molar-refractivity contribution in [3.05, 3.63) is 29.6 Å². The summed E-state index contributed by atoms with van der Waals surface area (Å²) in [5.74, 6) is -1.07.